The average molecular weight is 549 g/mol. The summed E-state index contributed by atoms with van der Waals surface area (Å²) < 4.78 is 5.02. The molecule has 8 atom stereocenters. The van der Waals surface area contributed by atoms with Gasteiger partial charge in [-0.2, -0.15) is 0 Å². The van der Waals surface area contributed by atoms with Crippen LogP contribution in [0.3, 0.4) is 0 Å². The molecule has 0 aromatic rings. The largest absolute Gasteiger partial charge is 0.465 e. The minimum Gasteiger partial charge on any atom is -0.465 e. The van der Waals surface area contributed by atoms with Crippen LogP contribution in [0, 0.1) is 17.8 Å². The Hall–Kier alpha value is -1.80. The minimum absolute atomic E-state index is 0.00555. The SMILES string of the molecule is C=CCCCCOC(=O)[C@@H]1[C@H]2C(=O)N([C@@H](CO)[C@@H](C)CC)C(C(=O)N(CC=C)C(C)CCC)C23CC[C@H]1S3. The molecular formula is C30H48N2O5S. The Bertz CT molecular complexity index is 881. The van der Waals surface area contributed by atoms with Gasteiger partial charge in [-0.25, -0.2) is 0 Å². The number of carbonyl (C=O) groups excluding carboxylic acids is 3. The summed E-state index contributed by atoms with van der Waals surface area (Å²) >= 11 is 1.65. The van der Waals surface area contributed by atoms with Crippen LogP contribution in [0.15, 0.2) is 25.3 Å². The second-order valence-electron chi connectivity index (χ2n) is 11.3. The highest BCUT2D eigenvalue weighted by Gasteiger charge is 2.75. The molecule has 3 aliphatic rings. The van der Waals surface area contributed by atoms with Crippen LogP contribution in [0.25, 0.3) is 0 Å². The number of unbranched alkanes of at least 4 members (excludes halogenated alkanes) is 2. The Morgan fingerprint density at radius 1 is 1.26 bits per heavy atom. The second-order valence-corrected chi connectivity index (χ2v) is 12.9. The third kappa shape index (κ3) is 5.58. The molecule has 0 radical (unpaired) electrons. The molecule has 3 unspecified atom stereocenters. The van der Waals surface area contributed by atoms with Crippen molar-refractivity contribution >= 4 is 29.5 Å². The van der Waals surface area contributed by atoms with E-state index >= 15 is 0 Å². The Labute approximate surface area is 233 Å². The molecule has 1 N–H and O–H groups in total. The van der Waals surface area contributed by atoms with Gasteiger partial charge < -0.3 is 19.6 Å². The average Bonchev–Trinajstić information content (AvgIpc) is 3.55. The monoisotopic (exact) mass is 548 g/mol. The third-order valence-electron chi connectivity index (χ3n) is 8.98. The van der Waals surface area contributed by atoms with Crippen LogP contribution in [0.1, 0.15) is 79.1 Å². The predicted molar refractivity (Wildman–Crippen MR) is 153 cm³/mol. The van der Waals surface area contributed by atoms with E-state index in [-0.39, 0.29) is 41.6 Å². The summed E-state index contributed by atoms with van der Waals surface area (Å²) in [6.45, 7) is 16.3. The first-order valence-electron chi connectivity index (χ1n) is 14.5. The molecule has 0 aromatic heterocycles. The summed E-state index contributed by atoms with van der Waals surface area (Å²) in [5.74, 6) is -1.74. The summed E-state index contributed by atoms with van der Waals surface area (Å²) in [5.41, 5.74) is 0. The lowest BCUT2D eigenvalue weighted by Crippen LogP contribution is -2.59. The zero-order valence-corrected chi connectivity index (χ0v) is 24.6. The smallest absolute Gasteiger partial charge is 0.310 e. The highest BCUT2D eigenvalue weighted by Crippen LogP contribution is 2.67. The maximum atomic E-state index is 14.5. The normalized spacial score (nSPS) is 30.0. The molecule has 2 amide bonds. The highest BCUT2D eigenvalue weighted by atomic mass is 32.2. The zero-order chi connectivity index (χ0) is 28.0. The maximum absolute atomic E-state index is 14.5. The molecule has 2 bridgehead atoms. The van der Waals surface area contributed by atoms with Gasteiger partial charge in [-0.15, -0.1) is 24.9 Å². The van der Waals surface area contributed by atoms with E-state index in [0.29, 0.717) is 19.6 Å². The van der Waals surface area contributed by atoms with Crippen molar-refractivity contribution in [3.8, 4) is 0 Å². The van der Waals surface area contributed by atoms with Crippen LogP contribution >= 0.6 is 11.8 Å². The van der Waals surface area contributed by atoms with Gasteiger partial charge >= 0.3 is 5.97 Å². The van der Waals surface area contributed by atoms with Crippen LogP contribution in [-0.2, 0) is 19.1 Å². The first-order chi connectivity index (χ1) is 18.2. The van der Waals surface area contributed by atoms with Crippen molar-refractivity contribution in [3.63, 3.8) is 0 Å². The Morgan fingerprint density at radius 2 is 2.00 bits per heavy atom. The van der Waals surface area contributed by atoms with E-state index in [1.165, 1.54) is 0 Å². The van der Waals surface area contributed by atoms with Crippen LogP contribution < -0.4 is 0 Å². The van der Waals surface area contributed by atoms with E-state index in [1.807, 2.05) is 31.7 Å². The molecular weight excluding hydrogens is 500 g/mol. The molecule has 38 heavy (non-hydrogen) atoms. The van der Waals surface area contributed by atoms with Crippen LogP contribution in [0.5, 0.6) is 0 Å². The van der Waals surface area contributed by atoms with Gasteiger partial charge in [0.1, 0.15) is 6.04 Å². The van der Waals surface area contributed by atoms with Crippen molar-refractivity contribution in [1.82, 2.24) is 9.80 Å². The first-order valence-corrected chi connectivity index (χ1v) is 15.4. The van der Waals surface area contributed by atoms with E-state index in [2.05, 4.69) is 20.1 Å². The van der Waals surface area contributed by atoms with E-state index in [4.69, 9.17) is 4.74 Å². The van der Waals surface area contributed by atoms with Crippen molar-refractivity contribution in [2.24, 2.45) is 17.8 Å². The lowest BCUT2D eigenvalue weighted by molar-refractivity contribution is -0.155. The third-order valence-corrected chi connectivity index (χ3v) is 10.9. The van der Waals surface area contributed by atoms with E-state index in [0.717, 1.165) is 44.9 Å². The molecule has 3 fully saturated rings. The van der Waals surface area contributed by atoms with Gasteiger partial charge in [0.2, 0.25) is 11.8 Å². The maximum Gasteiger partial charge on any atom is 0.310 e. The predicted octanol–water partition coefficient (Wildman–Crippen LogP) is 4.59. The number of ether oxygens (including phenoxy) is 1. The number of hydrogen-bond acceptors (Lipinski definition) is 6. The molecule has 1 spiro atoms. The molecule has 3 rings (SSSR count). The molecule has 0 aromatic carbocycles. The summed E-state index contributed by atoms with van der Waals surface area (Å²) in [6, 6.07) is -1.21. The Balaban J connectivity index is 2.00. The number of likely N-dealkylation sites (tertiary alicyclic amines) is 1. The van der Waals surface area contributed by atoms with Gasteiger partial charge in [0.25, 0.3) is 0 Å². The number of hydrogen-bond donors (Lipinski definition) is 1. The van der Waals surface area contributed by atoms with Crippen molar-refractivity contribution in [1.29, 1.82) is 0 Å². The summed E-state index contributed by atoms with van der Waals surface area (Å²) in [7, 11) is 0. The Morgan fingerprint density at radius 3 is 2.61 bits per heavy atom. The van der Waals surface area contributed by atoms with Crippen molar-refractivity contribution in [2.45, 2.75) is 107 Å². The molecule has 3 saturated heterocycles. The second kappa shape index (κ2) is 13.5. The molecule has 8 heteroatoms. The topological polar surface area (TPSA) is 87.1 Å². The number of esters is 1. The molecule has 0 saturated carbocycles. The molecule has 214 valence electrons. The lowest BCUT2D eigenvalue weighted by Gasteiger charge is -2.42. The lowest BCUT2D eigenvalue weighted by atomic mass is 9.71. The summed E-state index contributed by atoms with van der Waals surface area (Å²) in [4.78, 5) is 45.7. The minimum atomic E-state index is -0.717. The number of aliphatic hydroxyl groups is 1. The van der Waals surface area contributed by atoms with Gasteiger partial charge in [-0.3, -0.25) is 14.4 Å². The Kier molecular flexibility index (Phi) is 10.9. The number of allylic oxidation sites excluding steroid dienone is 1. The highest BCUT2D eigenvalue weighted by molar-refractivity contribution is 8.02. The van der Waals surface area contributed by atoms with Crippen molar-refractivity contribution in [3.05, 3.63) is 25.3 Å². The first kappa shape index (κ1) is 30.7. The zero-order valence-electron chi connectivity index (χ0n) is 23.8. The number of rotatable bonds is 16. The summed E-state index contributed by atoms with van der Waals surface area (Å²) in [6.07, 6.45) is 10.2. The fraction of sp³-hybridized carbons (Fsp3) is 0.767. The van der Waals surface area contributed by atoms with Gasteiger partial charge in [0.15, 0.2) is 0 Å². The van der Waals surface area contributed by atoms with E-state index in [9.17, 15) is 19.5 Å². The quantitative estimate of drug-likeness (QED) is 0.173. The van der Waals surface area contributed by atoms with Crippen LogP contribution in [-0.4, -0.2) is 80.6 Å². The number of nitrogens with zero attached hydrogens (tertiary/aromatic N) is 2. The van der Waals surface area contributed by atoms with Crippen LogP contribution in [0.2, 0.25) is 0 Å². The standard InChI is InChI=1S/C30H48N2O5S/c1-7-11-12-13-18-37-29(36)24-23-15-16-30(38-23)25(24)27(34)32(22(19-33)20(5)10-4)26(30)28(35)31(17-9-3)21(6)14-8-2/h7,9,20-26,33H,1,3,8,10-19H2,2,4-6H3/t20-,21?,22-,23+,24-,25-,26?,30?/m0/s1. The molecule has 7 nitrogen and oxygen atoms in total. The number of aliphatic hydroxyl groups excluding tert-OH is 1. The van der Waals surface area contributed by atoms with Gasteiger partial charge in [-0.05, 0) is 51.4 Å². The number of thioether (sulfide) groups is 1. The van der Waals surface area contributed by atoms with Gasteiger partial charge in [0, 0.05) is 17.8 Å². The number of amides is 2. The number of carbonyl (C=O) groups is 3. The van der Waals surface area contributed by atoms with E-state index < -0.39 is 28.7 Å². The van der Waals surface area contributed by atoms with Gasteiger partial charge in [-0.1, -0.05) is 45.8 Å². The van der Waals surface area contributed by atoms with Crippen molar-refractivity contribution in [2.75, 3.05) is 19.8 Å². The fourth-order valence-corrected chi connectivity index (χ4v) is 9.01. The summed E-state index contributed by atoms with van der Waals surface area (Å²) in [5, 5.41) is 10.5. The van der Waals surface area contributed by atoms with Crippen LogP contribution in [0.4, 0.5) is 0 Å². The fourth-order valence-electron chi connectivity index (χ4n) is 6.83. The molecule has 3 aliphatic heterocycles. The van der Waals surface area contributed by atoms with Crippen molar-refractivity contribution < 1.29 is 24.2 Å². The van der Waals surface area contributed by atoms with Gasteiger partial charge in [0.05, 0.1) is 35.8 Å². The molecule has 3 heterocycles. The molecule has 0 aliphatic carbocycles. The number of fused-ring (bicyclic) bond motifs is 1. The van der Waals surface area contributed by atoms with E-state index in [1.54, 1.807) is 22.7 Å².